The van der Waals surface area contributed by atoms with Crippen LogP contribution in [0.25, 0.3) is 22.4 Å². The Morgan fingerprint density at radius 1 is 1.03 bits per heavy atom. The predicted octanol–water partition coefficient (Wildman–Crippen LogP) is 5.30. The molecule has 0 bridgehead atoms. The Morgan fingerprint density at radius 3 is 2.38 bits per heavy atom. The van der Waals surface area contributed by atoms with Gasteiger partial charge in [0.25, 0.3) is 0 Å². The van der Waals surface area contributed by atoms with Crippen LogP contribution in [0, 0.1) is 5.92 Å². The zero-order valence-corrected chi connectivity index (χ0v) is 16.5. The number of hydroxylamine groups is 1. The third-order valence-corrected chi connectivity index (χ3v) is 5.92. The van der Waals surface area contributed by atoms with Gasteiger partial charge in [-0.05, 0) is 23.5 Å². The van der Waals surface area contributed by atoms with E-state index in [1.165, 1.54) is 36.8 Å². The minimum atomic E-state index is -0.363. The number of imidazole rings is 1. The van der Waals surface area contributed by atoms with Crippen LogP contribution in [0.4, 0.5) is 0 Å². The molecule has 3 N–H and O–H groups in total. The Hall–Kier alpha value is -2.92. The number of carbonyl (C=O) groups excluding carboxylic acids is 1. The van der Waals surface area contributed by atoms with E-state index in [-0.39, 0.29) is 18.2 Å². The van der Waals surface area contributed by atoms with Gasteiger partial charge in [0.2, 0.25) is 5.91 Å². The molecule has 0 unspecified atom stereocenters. The molecule has 0 saturated heterocycles. The minimum Gasteiger partial charge on any atom is -0.348 e. The van der Waals surface area contributed by atoms with Crippen molar-refractivity contribution < 1.29 is 10.0 Å². The number of aromatic nitrogens is 2. The van der Waals surface area contributed by atoms with E-state index >= 15 is 0 Å². The Morgan fingerprint density at radius 2 is 1.69 bits per heavy atom. The van der Waals surface area contributed by atoms with Gasteiger partial charge in [-0.2, -0.15) is 0 Å². The summed E-state index contributed by atoms with van der Waals surface area (Å²) < 4.78 is 0. The van der Waals surface area contributed by atoms with E-state index in [2.05, 4.69) is 41.4 Å². The smallest absolute Gasteiger partial charge is 0.244 e. The molecule has 1 aromatic heterocycles. The second-order valence-electron chi connectivity index (χ2n) is 7.94. The second-order valence-corrected chi connectivity index (χ2v) is 7.94. The zero-order chi connectivity index (χ0) is 20.1. The largest absolute Gasteiger partial charge is 0.348 e. The number of aromatic amines is 1. The van der Waals surface area contributed by atoms with Crippen molar-refractivity contribution in [3.8, 4) is 22.4 Å². The number of amides is 1. The molecular formula is C24H27N3O2. The molecule has 5 heteroatoms. The fraction of sp³-hybridized carbons (Fsp3) is 0.333. The standard InChI is InChI=1S/C24H27N3O2/c28-23(27-29)15-21(14-17-6-4-5-7-17)24-25-16-22(26-24)20-12-10-19(11-13-20)18-8-2-1-3-9-18/h1-3,8-13,16-17,21,29H,4-7,14-15H2,(H,25,26)(H,27,28)/t21-/m1/s1. The number of rotatable bonds is 7. The van der Waals surface area contributed by atoms with Crippen molar-refractivity contribution in [3.63, 3.8) is 0 Å². The summed E-state index contributed by atoms with van der Waals surface area (Å²) in [6.45, 7) is 0. The van der Waals surface area contributed by atoms with E-state index in [0.717, 1.165) is 23.5 Å². The first kappa shape index (κ1) is 19.4. The lowest BCUT2D eigenvalue weighted by molar-refractivity contribution is -0.129. The van der Waals surface area contributed by atoms with Gasteiger partial charge >= 0.3 is 0 Å². The molecule has 1 fully saturated rings. The van der Waals surface area contributed by atoms with E-state index in [9.17, 15) is 4.79 Å². The quantitative estimate of drug-likeness (QED) is 0.379. The lowest BCUT2D eigenvalue weighted by atomic mass is 9.90. The molecule has 1 aliphatic carbocycles. The van der Waals surface area contributed by atoms with Gasteiger partial charge in [-0.15, -0.1) is 0 Å². The lowest BCUT2D eigenvalue weighted by Crippen LogP contribution is -2.22. The van der Waals surface area contributed by atoms with Crippen LogP contribution >= 0.6 is 0 Å². The molecule has 1 amide bonds. The number of nitrogens with one attached hydrogen (secondary N) is 2. The van der Waals surface area contributed by atoms with Crippen molar-refractivity contribution >= 4 is 5.91 Å². The van der Waals surface area contributed by atoms with Gasteiger partial charge in [-0.3, -0.25) is 10.0 Å². The van der Waals surface area contributed by atoms with Crippen LogP contribution in [0.15, 0.2) is 60.8 Å². The van der Waals surface area contributed by atoms with Crippen molar-refractivity contribution in [1.29, 1.82) is 0 Å². The first-order chi connectivity index (χ1) is 14.2. The maximum absolute atomic E-state index is 11.8. The van der Waals surface area contributed by atoms with E-state index in [1.54, 1.807) is 5.48 Å². The SMILES string of the molecule is O=C(C[C@@H](CC1CCCC1)c1nc(-c2ccc(-c3ccccc3)cc2)c[nH]1)NO. The topological polar surface area (TPSA) is 78.0 Å². The zero-order valence-electron chi connectivity index (χ0n) is 16.5. The fourth-order valence-electron chi connectivity index (χ4n) is 4.37. The van der Waals surface area contributed by atoms with Gasteiger partial charge in [0.1, 0.15) is 5.82 Å². The summed E-state index contributed by atoms with van der Waals surface area (Å²) in [5.41, 5.74) is 6.04. The maximum atomic E-state index is 11.8. The molecule has 1 aliphatic rings. The Labute approximate surface area is 171 Å². The number of benzene rings is 2. The number of hydrogen-bond donors (Lipinski definition) is 3. The van der Waals surface area contributed by atoms with Gasteiger partial charge in [0.05, 0.1) is 5.69 Å². The van der Waals surface area contributed by atoms with Crippen molar-refractivity contribution in [3.05, 3.63) is 66.6 Å². The molecule has 1 heterocycles. The summed E-state index contributed by atoms with van der Waals surface area (Å²) in [6, 6.07) is 18.7. The van der Waals surface area contributed by atoms with E-state index in [0.29, 0.717) is 5.92 Å². The van der Waals surface area contributed by atoms with E-state index in [4.69, 9.17) is 10.2 Å². The summed E-state index contributed by atoms with van der Waals surface area (Å²) in [6.07, 6.45) is 8.03. The lowest BCUT2D eigenvalue weighted by Gasteiger charge is -2.17. The molecule has 0 radical (unpaired) electrons. The molecular weight excluding hydrogens is 362 g/mol. The third kappa shape index (κ3) is 4.74. The van der Waals surface area contributed by atoms with Crippen LogP contribution in [-0.2, 0) is 4.79 Å². The maximum Gasteiger partial charge on any atom is 0.244 e. The van der Waals surface area contributed by atoms with Gasteiger partial charge in [-0.25, -0.2) is 10.5 Å². The Bertz CT molecular complexity index is 928. The van der Waals surface area contributed by atoms with Crippen molar-refractivity contribution in [2.24, 2.45) is 5.92 Å². The number of hydrogen-bond acceptors (Lipinski definition) is 3. The van der Waals surface area contributed by atoms with Gasteiger partial charge in [0, 0.05) is 24.1 Å². The Kier molecular flexibility index (Phi) is 6.06. The summed E-state index contributed by atoms with van der Waals surface area (Å²) in [5, 5.41) is 8.96. The summed E-state index contributed by atoms with van der Waals surface area (Å²) in [7, 11) is 0. The van der Waals surface area contributed by atoms with Crippen LogP contribution in [0.1, 0.15) is 50.3 Å². The van der Waals surface area contributed by atoms with E-state index in [1.807, 2.05) is 24.4 Å². The fourth-order valence-corrected chi connectivity index (χ4v) is 4.37. The van der Waals surface area contributed by atoms with Crippen molar-refractivity contribution in [2.75, 3.05) is 0 Å². The van der Waals surface area contributed by atoms with Crippen LogP contribution in [0.3, 0.4) is 0 Å². The molecule has 2 aromatic carbocycles. The van der Waals surface area contributed by atoms with Gasteiger partial charge in [0.15, 0.2) is 0 Å². The molecule has 150 valence electrons. The predicted molar refractivity (Wildman–Crippen MR) is 113 cm³/mol. The normalized spacial score (nSPS) is 15.3. The number of carbonyl (C=O) groups is 1. The van der Waals surface area contributed by atoms with E-state index < -0.39 is 0 Å². The molecule has 3 aromatic rings. The summed E-state index contributed by atoms with van der Waals surface area (Å²) in [4.78, 5) is 19.9. The number of nitrogens with zero attached hydrogens (tertiary/aromatic N) is 1. The molecule has 1 atom stereocenters. The van der Waals surface area contributed by atoms with Gasteiger partial charge in [-0.1, -0.05) is 80.3 Å². The molecule has 0 aliphatic heterocycles. The first-order valence-electron chi connectivity index (χ1n) is 10.4. The van der Waals surface area contributed by atoms with Crippen LogP contribution < -0.4 is 5.48 Å². The van der Waals surface area contributed by atoms with Crippen LogP contribution in [0.5, 0.6) is 0 Å². The first-order valence-corrected chi connectivity index (χ1v) is 10.4. The second kappa shape index (κ2) is 9.05. The molecule has 1 saturated carbocycles. The van der Waals surface area contributed by atoms with Crippen molar-refractivity contribution in [2.45, 2.75) is 44.4 Å². The van der Waals surface area contributed by atoms with Crippen LogP contribution in [-0.4, -0.2) is 21.1 Å². The summed E-state index contributed by atoms with van der Waals surface area (Å²) in [5.74, 6) is 1.08. The highest BCUT2D eigenvalue weighted by molar-refractivity contribution is 5.75. The molecule has 4 rings (SSSR count). The average molecular weight is 389 g/mol. The third-order valence-electron chi connectivity index (χ3n) is 5.92. The highest BCUT2D eigenvalue weighted by Crippen LogP contribution is 2.35. The number of H-pyrrole nitrogens is 1. The summed E-state index contributed by atoms with van der Waals surface area (Å²) >= 11 is 0. The highest BCUT2D eigenvalue weighted by Gasteiger charge is 2.25. The minimum absolute atomic E-state index is 0.0115. The average Bonchev–Trinajstić information content (AvgIpc) is 3.46. The molecule has 0 spiro atoms. The Balaban J connectivity index is 1.52. The van der Waals surface area contributed by atoms with Crippen molar-refractivity contribution in [1.82, 2.24) is 15.4 Å². The monoisotopic (exact) mass is 389 g/mol. The molecule has 29 heavy (non-hydrogen) atoms. The van der Waals surface area contributed by atoms with Crippen LogP contribution in [0.2, 0.25) is 0 Å². The highest BCUT2D eigenvalue weighted by atomic mass is 16.5. The molecule has 5 nitrogen and oxygen atoms in total. The van der Waals surface area contributed by atoms with Gasteiger partial charge < -0.3 is 4.98 Å².